The monoisotopic (exact) mass is 417 g/mol. The van der Waals surface area contributed by atoms with Gasteiger partial charge in [0.15, 0.2) is 9.84 Å². The number of anilines is 1. The normalized spacial score (nSPS) is 15.1. The molecule has 1 aliphatic heterocycles. The number of rotatable bonds is 6. The first-order valence-corrected chi connectivity index (χ1v) is 11.2. The van der Waals surface area contributed by atoms with Crippen molar-refractivity contribution in [1.82, 2.24) is 5.32 Å². The zero-order chi connectivity index (χ0) is 21.0. The molecule has 0 aliphatic carbocycles. The number of benzene rings is 2. The standard InChI is InChI=1S/C20H23N3O5S/c1-29(27,28)18-9-5-8-17(19(18)23(25)26)22-12-10-16(11-13-22)20(24)21-14-15-6-3-2-4-7-15/h2-9,16H,10-14H2,1H3,(H,21,24). The van der Waals surface area contributed by atoms with Crippen LogP contribution in [-0.2, 0) is 21.2 Å². The number of carbonyl (C=O) groups excluding carboxylic acids is 1. The third-order valence-electron chi connectivity index (χ3n) is 5.08. The summed E-state index contributed by atoms with van der Waals surface area (Å²) >= 11 is 0. The Balaban J connectivity index is 1.68. The largest absolute Gasteiger partial charge is 0.366 e. The number of nitrogens with zero attached hydrogens (tertiary/aromatic N) is 2. The van der Waals surface area contributed by atoms with Crippen molar-refractivity contribution < 1.29 is 18.1 Å². The molecule has 0 unspecified atom stereocenters. The van der Waals surface area contributed by atoms with Gasteiger partial charge >= 0.3 is 5.69 Å². The van der Waals surface area contributed by atoms with Crippen molar-refractivity contribution in [2.75, 3.05) is 24.2 Å². The van der Waals surface area contributed by atoms with Crippen LogP contribution in [0.5, 0.6) is 0 Å². The van der Waals surface area contributed by atoms with Gasteiger partial charge < -0.3 is 10.2 Å². The first-order chi connectivity index (χ1) is 13.8. The van der Waals surface area contributed by atoms with Crippen LogP contribution in [0.4, 0.5) is 11.4 Å². The van der Waals surface area contributed by atoms with Gasteiger partial charge in [-0.2, -0.15) is 0 Å². The zero-order valence-corrected chi connectivity index (χ0v) is 16.9. The number of amides is 1. The molecular weight excluding hydrogens is 394 g/mol. The Bertz CT molecular complexity index is 1000. The Morgan fingerprint density at radius 1 is 1.14 bits per heavy atom. The molecule has 1 heterocycles. The quantitative estimate of drug-likeness (QED) is 0.571. The number of nitro groups is 1. The Hall–Kier alpha value is -2.94. The van der Waals surface area contributed by atoms with Crippen LogP contribution < -0.4 is 10.2 Å². The van der Waals surface area contributed by atoms with Crippen LogP contribution in [0.25, 0.3) is 0 Å². The van der Waals surface area contributed by atoms with Gasteiger partial charge in [0.25, 0.3) is 0 Å². The van der Waals surface area contributed by atoms with Crippen molar-refractivity contribution in [1.29, 1.82) is 0 Å². The van der Waals surface area contributed by atoms with E-state index in [1.54, 1.807) is 11.0 Å². The van der Waals surface area contributed by atoms with Gasteiger partial charge in [0.2, 0.25) is 5.91 Å². The van der Waals surface area contributed by atoms with Gasteiger partial charge in [0.05, 0.1) is 4.92 Å². The highest BCUT2D eigenvalue weighted by Crippen LogP contribution is 2.36. The maximum atomic E-state index is 12.5. The summed E-state index contributed by atoms with van der Waals surface area (Å²) in [7, 11) is -3.73. The van der Waals surface area contributed by atoms with E-state index >= 15 is 0 Å². The summed E-state index contributed by atoms with van der Waals surface area (Å²) in [5, 5.41) is 14.5. The summed E-state index contributed by atoms with van der Waals surface area (Å²) in [6, 6.07) is 13.9. The number of hydrogen-bond donors (Lipinski definition) is 1. The molecule has 154 valence electrons. The average molecular weight is 417 g/mol. The van der Waals surface area contributed by atoms with Crippen LogP contribution in [0.3, 0.4) is 0 Å². The second-order valence-electron chi connectivity index (χ2n) is 7.12. The van der Waals surface area contributed by atoms with Gasteiger partial charge in [-0.15, -0.1) is 0 Å². The van der Waals surface area contributed by atoms with E-state index in [2.05, 4.69) is 5.32 Å². The molecule has 1 aliphatic rings. The molecule has 0 spiro atoms. The van der Waals surface area contributed by atoms with Crippen molar-refractivity contribution in [3.8, 4) is 0 Å². The average Bonchev–Trinajstić information content (AvgIpc) is 2.71. The summed E-state index contributed by atoms with van der Waals surface area (Å²) in [6.07, 6.45) is 2.05. The highest BCUT2D eigenvalue weighted by Gasteiger charge is 2.32. The minimum Gasteiger partial charge on any atom is -0.366 e. The summed E-state index contributed by atoms with van der Waals surface area (Å²) in [4.78, 5) is 24.9. The van der Waals surface area contributed by atoms with E-state index in [-0.39, 0.29) is 22.4 Å². The van der Waals surface area contributed by atoms with Gasteiger partial charge in [-0.1, -0.05) is 36.4 Å². The minimum absolute atomic E-state index is 0.0344. The molecule has 1 fully saturated rings. The van der Waals surface area contributed by atoms with E-state index in [0.717, 1.165) is 11.8 Å². The number of hydrogen-bond acceptors (Lipinski definition) is 6. The number of carbonyl (C=O) groups is 1. The van der Waals surface area contributed by atoms with Gasteiger partial charge in [0, 0.05) is 31.8 Å². The smallest absolute Gasteiger partial charge is 0.311 e. The maximum absolute atomic E-state index is 12.5. The van der Waals surface area contributed by atoms with Crippen molar-refractivity contribution in [2.24, 2.45) is 5.92 Å². The van der Waals surface area contributed by atoms with Crippen LogP contribution in [0.15, 0.2) is 53.4 Å². The molecule has 0 radical (unpaired) electrons. The second kappa shape index (κ2) is 8.60. The molecule has 1 amide bonds. The molecule has 0 atom stereocenters. The molecular formula is C20H23N3O5S. The topological polar surface area (TPSA) is 110 Å². The van der Waals surface area contributed by atoms with Crippen molar-refractivity contribution >= 4 is 27.1 Å². The molecule has 2 aromatic carbocycles. The van der Waals surface area contributed by atoms with E-state index < -0.39 is 20.4 Å². The predicted octanol–water partition coefficient (Wildman–Crippen LogP) is 2.53. The fourth-order valence-electron chi connectivity index (χ4n) is 3.56. The lowest BCUT2D eigenvalue weighted by molar-refractivity contribution is -0.387. The first kappa shape index (κ1) is 20.8. The molecule has 2 aromatic rings. The minimum atomic E-state index is -3.73. The Morgan fingerprint density at radius 3 is 2.38 bits per heavy atom. The first-order valence-electron chi connectivity index (χ1n) is 9.31. The van der Waals surface area contributed by atoms with Gasteiger partial charge in [-0.3, -0.25) is 14.9 Å². The molecule has 0 saturated carbocycles. The number of piperidine rings is 1. The maximum Gasteiger partial charge on any atom is 0.311 e. The Morgan fingerprint density at radius 2 is 1.79 bits per heavy atom. The number of nitrogens with one attached hydrogen (secondary N) is 1. The van der Waals surface area contributed by atoms with E-state index in [4.69, 9.17) is 0 Å². The van der Waals surface area contributed by atoms with Crippen molar-refractivity contribution in [3.63, 3.8) is 0 Å². The highest BCUT2D eigenvalue weighted by molar-refractivity contribution is 7.90. The second-order valence-corrected chi connectivity index (χ2v) is 9.10. The number of nitro benzene ring substituents is 1. The molecule has 0 aromatic heterocycles. The summed E-state index contributed by atoms with van der Waals surface area (Å²) < 4.78 is 23.9. The highest BCUT2D eigenvalue weighted by atomic mass is 32.2. The Labute approximate surface area is 169 Å². The van der Waals surface area contributed by atoms with E-state index in [1.807, 2.05) is 30.3 Å². The van der Waals surface area contributed by atoms with E-state index in [9.17, 15) is 23.3 Å². The molecule has 29 heavy (non-hydrogen) atoms. The summed E-state index contributed by atoms with van der Waals surface area (Å²) in [6.45, 7) is 1.34. The van der Waals surface area contributed by atoms with Crippen LogP contribution in [0, 0.1) is 16.0 Å². The zero-order valence-electron chi connectivity index (χ0n) is 16.1. The van der Waals surface area contributed by atoms with Gasteiger partial charge in [0.1, 0.15) is 10.6 Å². The number of sulfone groups is 1. The Kier molecular flexibility index (Phi) is 6.17. The molecule has 1 N–H and O–H groups in total. The number of para-hydroxylation sites is 1. The lowest BCUT2D eigenvalue weighted by Gasteiger charge is -2.32. The lowest BCUT2D eigenvalue weighted by atomic mass is 9.95. The third-order valence-corrected chi connectivity index (χ3v) is 6.20. The van der Waals surface area contributed by atoms with E-state index in [0.29, 0.717) is 32.5 Å². The fraction of sp³-hybridized carbons (Fsp3) is 0.350. The van der Waals surface area contributed by atoms with Crippen molar-refractivity contribution in [2.45, 2.75) is 24.3 Å². The van der Waals surface area contributed by atoms with Crippen LogP contribution in [0.1, 0.15) is 18.4 Å². The van der Waals surface area contributed by atoms with Crippen LogP contribution >= 0.6 is 0 Å². The molecule has 3 rings (SSSR count). The van der Waals surface area contributed by atoms with Crippen LogP contribution in [-0.4, -0.2) is 38.6 Å². The predicted molar refractivity (Wildman–Crippen MR) is 109 cm³/mol. The molecule has 8 nitrogen and oxygen atoms in total. The van der Waals surface area contributed by atoms with E-state index in [1.165, 1.54) is 12.1 Å². The molecule has 0 bridgehead atoms. The van der Waals surface area contributed by atoms with Gasteiger partial charge in [-0.05, 0) is 30.5 Å². The van der Waals surface area contributed by atoms with Crippen molar-refractivity contribution in [3.05, 3.63) is 64.2 Å². The molecule has 9 heteroatoms. The van der Waals surface area contributed by atoms with Crippen LogP contribution in [0.2, 0.25) is 0 Å². The summed E-state index contributed by atoms with van der Waals surface area (Å²) in [5.41, 5.74) is 0.898. The molecule has 1 saturated heterocycles. The SMILES string of the molecule is CS(=O)(=O)c1cccc(N2CCC(C(=O)NCc3ccccc3)CC2)c1[N+](=O)[O-]. The third kappa shape index (κ3) is 4.92. The fourth-order valence-corrected chi connectivity index (χ4v) is 4.42. The lowest BCUT2D eigenvalue weighted by Crippen LogP contribution is -2.40. The summed E-state index contributed by atoms with van der Waals surface area (Å²) in [5.74, 6) is -0.208. The van der Waals surface area contributed by atoms with Gasteiger partial charge in [-0.25, -0.2) is 8.42 Å².